The summed E-state index contributed by atoms with van der Waals surface area (Å²) in [6, 6.07) is 0.411. The molecule has 0 aliphatic carbocycles. The Kier molecular flexibility index (Phi) is 3.19. The third-order valence-electron chi connectivity index (χ3n) is 4.11. The molecule has 3 heterocycles. The number of dihydropyridines is 1. The van der Waals surface area contributed by atoms with E-state index in [4.69, 9.17) is 0 Å². The Balaban J connectivity index is 2.07. The molecule has 5 nitrogen and oxygen atoms in total. The molecular formula is C15H18N4O. The second-order valence-electron chi connectivity index (χ2n) is 5.74. The summed E-state index contributed by atoms with van der Waals surface area (Å²) in [6.45, 7) is 4.70. The fourth-order valence-corrected chi connectivity index (χ4v) is 3.25. The average molecular weight is 270 g/mol. The second-order valence-corrected chi connectivity index (χ2v) is 5.74. The average Bonchev–Trinajstić information content (AvgIpc) is 2.45. The van der Waals surface area contributed by atoms with E-state index in [-0.39, 0.29) is 24.0 Å². The predicted octanol–water partition coefficient (Wildman–Crippen LogP) is 1.45. The minimum Gasteiger partial charge on any atom is -0.298 e. The molecule has 3 rings (SSSR count). The van der Waals surface area contributed by atoms with Crippen LogP contribution in [0.25, 0.3) is 0 Å². The molecule has 0 N–H and O–H groups in total. The Bertz CT molecular complexity index is 567. The fourth-order valence-electron chi connectivity index (χ4n) is 3.25. The summed E-state index contributed by atoms with van der Waals surface area (Å²) in [7, 11) is 0. The smallest absolute Gasteiger partial charge is 0.185 e. The molecule has 0 aromatic rings. The molecule has 1 fully saturated rings. The molecule has 2 unspecified atom stereocenters. The summed E-state index contributed by atoms with van der Waals surface area (Å²) in [5.74, 6) is 0.220. The Morgan fingerprint density at radius 3 is 3.00 bits per heavy atom. The lowest BCUT2D eigenvalue weighted by Gasteiger charge is -2.46. The first-order valence-corrected chi connectivity index (χ1v) is 6.99. The summed E-state index contributed by atoms with van der Waals surface area (Å²) in [4.78, 5) is 20.2. The van der Waals surface area contributed by atoms with Crippen LogP contribution in [0.5, 0.6) is 0 Å². The highest BCUT2D eigenvalue weighted by Crippen LogP contribution is 2.37. The van der Waals surface area contributed by atoms with Crippen molar-refractivity contribution < 1.29 is 4.79 Å². The van der Waals surface area contributed by atoms with Crippen LogP contribution in [-0.2, 0) is 4.79 Å². The number of carbonyl (C=O) groups excluding carboxylic acids is 1. The molecule has 20 heavy (non-hydrogen) atoms. The number of rotatable bonds is 1. The molecule has 0 bridgehead atoms. The number of aliphatic imine (C=N–C) groups is 1. The van der Waals surface area contributed by atoms with Gasteiger partial charge in [-0.15, -0.1) is 0 Å². The number of fused-ring (bicyclic) bond motifs is 3. The van der Waals surface area contributed by atoms with Crippen molar-refractivity contribution in [2.24, 2.45) is 4.99 Å². The van der Waals surface area contributed by atoms with Crippen molar-refractivity contribution in [2.75, 3.05) is 6.54 Å². The molecule has 2 atom stereocenters. The zero-order valence-electron chi connectivity index (χ0n) is 11.8. The van der Waals surface area contributed by atoms with E-state index in [1.807, 2.05) is 12.4 Å². The van der Waals surface area contributed by atoms with Crippen LogP contribution < -0.4 is 0 Å². The highest BCUT2D eigenvalue weighted by Gasteiger charge is 2.42. The van der Waals surface area contributed by atoms with Gasteiger partial charge >= 0.3 is 0 Å². The van der Waals surface area contributed by atoms with Crippen LogP contribution in [-0.4, -0.2) is 46.6 Å². The maximum Gasteiger partial charge on any atom is 0.185 e. The van der Waals surface area contributed by atoms with Crippen molar-refractivity contribution in [3.63, 3.8) is 0 Å². The highest BCUT2D eigenvalue weighted by atomic mass is 16.1. The van der Waals surface area contributed by atoms with Crippen LogP contribution in [0.15, 0.2) is 28.4 Å². The summed E-state index contributed by atoms with van der Waals surface area (Å²) < 4.78 is 0. The van der Waals surface area contributed by atoms with Gasteiger partial charge < -0.3 is 0 Å². The Morgan fingerprint density at radius 1 is 1.50 bits per heavy atom. The van der Waals surface area contributed by atoms with Crippen molar-refractivity contribution >= 4 is 12.0 Å². The van der Waals surface area contributed by atoms with E-state index in [0.29, 0.717) is 13.0 Å². The van der Waals surface area contributed by atoms with E-state index in [1.165, 1.54) is 0 Å². The van der Waals surface area contributed by atoms with Crippen LogP contribution >= 0.6 is 0 Å². The minimum atomic E-state index is -0.225. The molecule has 0 aromatic heterocycles. The molecule has 0 aromatic carbocycles. The zero-order chi connectivity index (χ0) is 14.3. The first kappa shape index (κ1) is 13.1. The summed E-state index contributed by atoms with van der Waals surface area (Å²) >= 11 is 0. The second kappa shape index (κ2) is 4.88. The molecule has 0 saturated carbocycles. The standard InChI is InChI=1S/C15H18N4O/c1-10(2)19-8-12(20)6-11-7-18(9-16)15-13(14(11)19)4-3-5-17-15/h4-5,7,10,14-15H,3,6,8H2,1-2H3. The summed E-state index contributed by atoms with van der Waals surface area (Å²) in [6.07, 6.45) is 9.02. The highest BCUT2D eigenvalue weighted by molar-refractivity contribution is 5.85. The maximum atomic E-state index is 12.0. The predicted molar refractivity (Wildman–Crippen MR) is 75.8 cm³/mol. The number of piperidine rings is 1. The molecule has 3 aliphatic rings. The molecule has 0 amide bonds. The normalized spacial score (nSPS) is 29.5. The van der Waals surface area contributed by atoms with Gasteiger partial charge in [-0.1, -0.05) is 6.08 Å². The zero-order valence-corrected chi connectivity index (χ0v) is 11.8. The van der Waals surface area contributed by atoms with E-state index < -0.39 is 0 Å². The lowest BCUT2D eigenvalue weighted by atomic mass is 9.83. The van der Waals surface area contributed by atoms with Gasteiger partial charge in [-0.25, -0.2) is 0 Å². The summed E-state index contributed by atoms with van der Waals surface area (Å²) in [5.41, 5.74) is 2.17. The fraction of sp³-hybridized carbons (Fsp3) is 0.533. The lowest BCUT2D eigenvalue weighted by molar-refractivity contribution is -0.122. The molecule has 0 spiro atoms. The van der Waals surface area contributed by atoms with Crippen LogP contribution in [0, 0.1) is 11.5 Å². The Hall–Kier alpha value is -1.93. The monoisotopic (exact) mass is 270 g/mol. The molecule has 104 valence electrons. The van der Waals surface area contributed by atoms with Crippen LogP contribution in [0.1, 0.15) is 26.7 Å². The molecule has 5 heteroatoms. The van der Waals surface area contributed by atoms with Gasteiger partial charge in [0.2, 0.25) is 0 Å². The quantitative estimate of drug-likeness (QED) is 0.534. The van der Waals surface area contributed by atoms with Gasteiger partial charge in [0, 0.05) is 31.3 Å². The summed E-state index contributed by atoms with van der Waals surface area (Å²) in [5, 5.41) is 9.29. The van der Waals surface area contributed by atoms with Crippen molar-refractivity contribution in [3.8, 4) is 6.19 Å². The van der Waals surface area contributed by atoms with Gasteiger partial charge in [0.25, 0.3) is 0 Å². The van der Waals surface area contributed by atoms with Gasteiger partial charge in [0.15, 0.2) is 18.1 Å². The van der Waals surface area contributed by atoms with Crippen molar-refractivity contribution in [3.05, 3.63) is 23.4 Å². The molecule has 3 aliphatic heterocycles. The van der Waals surface area contributed by atoms with Crippen molar-refractivity contribution in [1.82, 2.24) is 9.80 Å². The number of likely N-dealkylation sites (tertiary alicyclic amines) is 1. The number of ketones is 1. The van der Waals surface area contributed by atoms with Gasteiger partial charge in [0.05, 0.1) is 12.6 Å². The molecule has 0 radical (unpaired) electrons. The number of allylic oxidation sites excluding steroid dienone is 1. The molecular weight excluding hydrogens is 252 g/mol. The third kappa shape index (κ3) is 1.97. The van der Waals surface area contributed by atoms with E-state index in [2.05, 4.69) is 36.0 Å². The topological polar surface area (TPSA) is 59.7 Å². The number of nitriles is 1. The molecule has 1 saturated heterocycles. The van der Waals surface area contributed by atoms with Crippen LogP contribution in [0.3, 0.4) is 0 Å². The van der Waals surface area contributed by atoms with Gasteiger partial charge in [-0.3, -0.25) is 19.6 Å². The number of carbonyl (C=O) groups is 1. The number of hydrogen-bond acceptors (Lipinski definition) is 5. The van der Waals surface area contributed by atoms with E-state index in [9.17, 15) is 10.1 Å². The number of Topliss-reactive ketones (excluding diaryl/α,β-unsaturated/α-hetero) is 1. The third-order valence-corrected chi connectivity index (χ3v) is 4.11. The largest absolute Gasteiger partial charge is 0.298 e. The van der Waals surface area contributed by atoms with Crippen LogP contribution in [0.4, 0.5) is 0 Å². The SMILES string of the molecule is CC(C)N1CC(=O)CC2=CN(C#N)C3N=CCC=C3C21. The van der Waals surface area contributed by atoms with Crippen LogP contribution in [0.2, 0.25) is 0 Å². The van der Waals surface area contributed by atoms with Crippen molar-refractivity contribution in [1.29, 1.82) is 5.26 Å². The van der Waals surface area contributed by atoms with Gasteiger partial charge in [0.1, 0.15) is 0 Å². The first-order chi connectivity index (χ1) is 9.61. The van der Waals surface area contributed by atoms with E-state index in [0.717, 1.165) is 17.6 Å². The minimum absolute atomic E-state index is 0.125. The Labute approximate surface area is 118 Å². The Morgan fingerprint density at radius 2 is 2.30 bits per heavy atom. The van der Waals surface area contributed by atoms with E-state index in [1.54, 1.807) is 4.90 Å². The first-order valence-electron chi connectivity index (χ1n) is 6.99. The van der Waals surface area contributed by atoms with Gasteiger partial charge in [-0.05, 0) is 25.0 Å². The van der Waals surface area contributed by atoms with E-state index >= 15 is 0 Å². The van der Waals surface area contributed by atoms with Gasteiger partial charge in [-0.2, -0.15) is 5.26 Å². The number of hydrogen-bond donors (Lipinski definition) is 0. The van der Waals surface area contributed by atoms with Crippen molar-refractivity contribution in [2.45, 2.75) is 44.9 Å². The lowest BCUT2D eigenvalue weighted by Crippen LogP contribution is -2.54. The maximum absolute atomic E-state index is 12.0. The number of nitrogens with zero attached hydrogens (tertiary/aromatic N) is 4.